The molecular weight excluding hydrogens is 214 g/mol. The van der Waals surface area contributed by atoms with Crippen molar-refractivity contribution in [2.45, 2.75) is 46.6 Å². The van der Waals surface area contributed by atoms with Gasteiger partial charge in [0.1, 0.15) is 17.5 Å². The van der Waals surface area contributed by atoms with Crippen LogP contribution in [0.2, 0.25) is 0 Å². The average molecular weight is 237 g/mol. The molecule has 17 heavy (non-hydrogen) atoms. The zero-order valence-corrected chi connectivity index (χ0v) is 11.1. The van der Waals surface area contributed by atoms with Crippen molar-refractivity contribution in [3.05, 3.63) is 11.9 Å². The van der Waals surface area contributed by atoms with Gasteiger partial charge in [0.15, 0.2) is 0 Å². The maximum atomic E-state index is 5.39. The molecule has 96 valence electrons. The van der Waals surface area contributed by atoms with Crippen LogP contribution in [-0.4, -0.2) is 16.0 Å². The van der Waals surface area contributed by atoms with E-state index < -0.39 is 0 Å². The molecule has 1 unspecified atom stereocenters. The summed E-state index contributed by atoms with van der Waals surface area (Å²) in [5.41, 5.74) is 2.56. The van der Waals surface area contributed by atoms with Crippen LogP contribution in [0.25, 0.3) is 0 Å². The molecule has 0 aromatic carbocycles. The number of hydrazine groups is 1. The summed E-state index contributed by atoms with van der Waals surface area (Å²) in [5, 5.41) is 3.38. The first-order chi connectivity index (χ1) is 8.05. The molecule has 4 N–H and O–H groups in total. The number of anilines is 2. The summed E-state index contributed by atoms with van der Waals surface area (Å²) in [5.74, 6) is 8.32. The lowest BCUT2D eigenvalue weighted by Crippen LogP contribution is -2.19. The van der Waals surface area contributed by atoms with E-state index in [0.29, 0.717) is 17.8 Å². The summed E-state index contributed by atoms with van der Waals surface area (Å²) in [6, 6.07) is 2.22. The number of nitrogens with one attached hydrogen (secondary N) is 2. The Hall–Kier alpha value is -1.36. The summed E-state index contributed by atoms with van der Waals surface area (Å²) < 4.78 is 0. The molecule has 0 bridgehead atoms. The average Bonchev–Trinajstić information content (AvgIpc) is 2.27. The van der Waals surface area contributed by atoms with E-state index in [-0.39, 0.29) is 0 Å². The van der Waals surface area contributed by atoms with Crippen LogP contribution in [0.1, 0.15) is 39.9 Å². The molecule has 0 fully saturated rings. The zero-order chi connectivity index (χ0) is 12.8. The Morgan fingerprint density at radius 1 is 1.24 bits per heavy atom. The molecule has 5 heteroatoms. The van der Waals surface area contributed by atoms with Crippen LogP contribution in [0.3, 0.4) is 0 Å². The third-order valence-electron chi connectivity index (χ3n) is 2.46. The minimum Gasteiger partial charge on any atom is -0.367 e. The minimum absolute atomic E-state index is 0.389. The second-order valence-electron chi connectivity index (χ2n) is 4.73. The molecule has 1 heterocycles. The van der Waals surface area contributed by atoms with E-state index in [1.165, 1.54) is 0 Å². The van der Waals surface area contributed by atoms with Crippen molar-refractivity contribution in [3.63, 3.8) is 0 Å². The standard InChI is InChI=1S/C12H23N5/c1-5-10-15-11(7-12(16-10)17-13)14-9(4)6-8(2)3/h7-9H,5-6,13H2,1-4H3,(H2,14,15,16,17). The van der Waals surface area contributed by atoms with Crippen LogP contribution >= 0.6 is 0 Å². The number of nitrogen functional groups attached to an aromatic ring is 1. The summed E-state index contributed by atoms with van der Waals surface area (Å²) in [6.07, 6.45) is 1.90. The highest BCUT2D eigenvalue weighted by molar-refractivity contribution is 5.47. The highest BCUT2D eigenvalue weighted by atomic mass is 15.3. The van der Waals surface area contributed by atoms with Crippen molar-refractivity contribution in [1.82, 2.24) is 9.97 Å². The molecule has 5 nitrogen and oxygen atoms in total. The highest BCUT2D eigenvalue weighted by Crippen LogP contribution is 2.14. The van der Waals surface area contributed by atoms with Gasteiger partial charge in [-0.2, -0.15) is 0 Å². The fraction of sp³-hybridized carbons (Fsp3) is 0.667. The number of nitrogens with two attached hydrogens (primary N) is 1. The smallest absolute Gasteiger partial charge is 0.145 e. The first-order valence-electron chi connectivity index (χ1n) is 6.16. The maximum absolute atomic E-state index is 5.39. The largest absolute Gasteiger partial charge is 0.367 e. The summed E-state index contributed by atoms with van der Waals surface area (Å²) in [7, 11) is 0. The van der Waals surface area contributed by atoms with E-state index in [4.69, 9.17) is 5.84 Å². The Balaban J connectivity index is 2.75. The molecule has 0 aliphatic rings. The van der Waals surface area contributed by atoms with Crippen molar-refractivity contribution >= 4 is 11.6 Å². The highest BCUT2D eigenvalue weighted by Gasteiger charge is 2.08. The third kappa shape index (κ3) is 4.56. The summed E-state index contributed by atoms with van der Waals surface area (Å²) in [6.45, 7) is 8.60. The van der Waals surface area contributed by atoms with Gasteiger partial charge in [0, 0.05) is 18.5 Å². The molecule has 0 radical (unpaired) electrons. The summed E-state index contributed by atoms with van der Waals surface area (Å²) >= 11 is 0. The number of nitrogens with zero attached hydrogens (tertiary/aromatic N) is 2. The maximum Gasteiger partial charge on any atom is 0.145 e. The molecular formula is C12H23N5. The lowest BCUT2D eigenvalue weighted by Gasteiger charge is -2.17. The Bertz CT molecular complexity index is 328. The predicted octanol–water partition coefficient (Wildman–Crippen LogP) is 2.17. The van der Waals surface area contributed by atoms with Gasteiger partial charge in [0.25, 0.3) is 0 Å². The van der Waals surface area contributed by atoms with Gasteiger partial charge in [0.2, 0.25) is 0 Å². The van der Waals surface area contributed by atoms with Gasteiger partial charge in [0.05, 0.1) is 0 Å². The Labute approximate surface area is 103 Å². The first kappa shape index (κ1) is 13.7. The van der Waals surface area contributed by atoms with Crippen molar-refractivity contribution in [1.29, 1.82) is 0 Å². The van der Waals surface area contributed by atoms with Crippen LogP contribution in [0.4, 0.5) is 11.6 Å². The topological polar surface area (TPSA) is 75.9 Å². The molecule has 1 aromatic rings. The molecule has 0 spiro atoms. The van der Waals surface area contributed by atoms with E-state index in [1.807, 2.05) is 13.0 Å². The normalized spacial score (nSPS) is 12.6. The zero-order valence-electron chi connectivity index (χ0n) is 11.1. The van der Waals surface area contributed by atoms with Crippen LogP contribution in [-0.2, 0) is 6.42 Å². The molecule has 1 atom stereocenters. The van der Waals surface area contributed by atoms with Crippen LogP contribution in [0, 0.1) is 5.92 Å². The molecule has 0 amide bonds. The van der Waals surface area contributed by atoms with Gasteiger partial charge in [-0.25, -0.2) is 15.8 Å². The van der Waals surface area contributed by atoms with E-state index in [0.717, 1.165) is 24.5 Å². The minimum atomic E-state index is 0.389. The molecule has 0 saturated heterocycles. The monoisotopic (exact) mass is 237 g/mol. The van der Waals surface area contributed by atoms with Gasteiger partial charge >= 0.3 is 0 Å². The van der Waals surface area contributed by atoms with E-state index in [1.54, 1.807) is 0 Å². The third-order valence-corrected chi connectivity index (χ3v) is 2.46. The summed E-state index contributed by atoms with van der Waals surface area (Å²) in [4.78, 5) is 8.68. The number of hydrogen-bond acceptors (Lipinski definition) is 5. The Kier molecular flexibility index (Phi) is 5.15. The molecule has 0 saturated carbocycles. The molecule has 0 aliphatic heterocycles. The quantitative estimate of drug-likeness (QED) is 0.522. The van der Waals surface area contributed by atoms with Gasteiger partial charge < -0.3 is 10.7 Å². The Morgan fingerprint density at radius 2 is 1.88 bits per heavy atom. The second-order valence-corrected chi connectivity index (χ2v) is 4.73. The van der Waals surface area contributed by atoms with Gasteiger partial charge in [-0.1, -0.05) is 20.8 Å². The van der Waals surface area contributed by atoms with Crippen LogP contribution in [0.15, 0.2) is 6.07 Å². The number of aryl methyl sites for hydroxylation is 1. The molecule has 1 aromatic heterocycles. The van der Waals surface area contributed by atoms with Crippen molar-refractivity contribution in [2.75, 3.05) is 10.7 Å². The van der Waals surface area contributed by atoms with Gasteiger partial charge in [-0.05, 0) is 19.3 Å². The molecule has 0 aliphatic carbocycles. The van der Waals surface area contributed by atoms with Crippen LogP contribution in [0.5, 0.6) is 0 Å². The van der Waals surface area contributed by atoms with Gasteiger partial charge in [-0.3, -0.25) is 0 Å². The fourth-order valence-corrected chi connectivity index (χ4v) is 1.82. The number of hydrogen-bond donors (Lipinski definition) is 3. The Morgan fingerprint density at radius 3 is 2.41 bits per heavy atom. The lowest BCUT2D eigenvalue weighted by molar-refractivity contribution is 0.538. The predicted molar refractivity (Wildman–Crippen MR) is 71.8 cm³/mol. The van der Waals surface area contributed by atoms with Crippen molar-refractivity contribution in [3.8, 4) is 0 Å². The van der Waals surface area contributed by atoms with E-state index >= 15 is 0 Å². The SMILES string of the molecule is CCc1nc(NN)cc(NC(C)CC(C)C)n1. The van der Waals surface area contributed by atoms with Crippen LogP contribution < -0.4 is 16.6 Å². The number of rotatable bonds is 6. The van der Waals surface area contributed by atoms with Crippen molar-refractivity contribution < 1.29 is 0 Å². The first-order valence-corrected chi connectivity index (χ1v) is 6.16. The second kappa shape index (κ2) is 6.39. The van der Waals surface area contributed by atoms with Gasteiger partial charge in [-0.15, -0.1) is 0 Å². The molecule has 1 rings (SSSR count). The lowest BCUT2D eigenvalue weighted by atomic mass is 10.1. The number of aromatic nitrogens is 2. The van der Waals surface area contributed by atoms with E-state index in [2.05, 4.69) is 41.5 Å². The van der Waals surface area contributed by atoms with Crippen molar-refractivity contribution in [2.24, 2.45) is 11.8 Å². The fourth-order valence-electron chi connectivity index (χ4n) is 1.82. The van der Waals surface area contributed by atoms with E-state index in [9.17, 15) is 0 Å².